The lowest BCUT2D eigenvalue weighted by Gasteiger charge is -2.20. The smallest absolute Gasteiger partial charge is 0.273 e. The molecule has 1 aliphatic rings. The molecular formula is C14H21N3O3. The van der Waals surface area contributed by atoms with E-state index >= 15 is 0 Å². The fraction of sp³-hybridized carbons (Fsp3) is 0.571. The lowest BCUT2D eigenvalue weighted by Crippen LogP contribution is -2.29. The van der Waals surface area contributed by atoms with Crippen molar-refractivity contribution in [1.29, 1.82) is 0 Å². The fourth-order valence-corrected chi connectivity index (χ4v) is 2.62. The molecule has 1 fully saturated rings. The highest BCUT2D eigenvalue weighted by atomic mass is 16.6. The maximum atomic E-state index is 10.8. The van der Waals surface area contributed by atoms with Crippen molar-refractivity contribution in [2.75, 3.05) is 19.0 Å². The maximum absolute atomic E-state index is 10.8. The second-order valence-electron chi connectivity index (χ2n) is 5.22. The normalized spacial score (nSPS) is 19.6. The number of nitro benzene ring substituents is 1. The molecule has 110 valence electrons. The molecule has 2 atom stereocenters. The predicted octanol–water partition coefficient (Wildman–Crippen LogP) is 2.55. The quantitative estimate of drug-likeness (QED) is 0.618. The third-order valence-corrected chi connectivity index (χ3v) is 3.60. The van der Waals surface area contributed by atoms with Crippen LogP contribution in [0.15, 0.2) is 18.2 Å². The molecule has 1 heterocycles. The van der Waals surface area contributed by atoms with Gasteiger partial charge in [0.1, 0.15) is 5.75 Å². The molecule has 0 saturated carbocycles. The Balaban J connectivity index is 2.02. The van der Waals surface area contributed by atoms with Gasteiger partial charge in [-0.15, -0.1) is 0 Å². The zero-order valence-electron chi connectivity index (χ0n) is 11.9. The largest absolute Gasteiger partial charge is 0.494 e. The number of methoxy groups -OCH3 is 1. The Labute approximate surface area is 118 Å². The lowest BCUT2D eigenvalue weighted by molar-refractivity contribution is -0.384. The first-order valence-corrected chi connectivity index (χ1v) is 6.92. The SMILES string of the molecule is COc1cc([N+](=O)[O-])ccc1NC(C)CC1CCCN1. The number of ether oxygens (including phenoxy) is 1. The van der Waals surface area contributed by atoms with Gasteiger partial charge in [0.25, 0.3) is 5.69 Å². The molecule has 0 aliphatic carbocycles. The van der Waals surface area contributed by atoms with Gasteiger partial charge in [-0.3, -0.25) is 10.1 Å². The number of nitrogens with zero attached hydrogens (tertiary/aromatic N) is 1. The summed E-state index contributed by atoms with van der Waals surface area (Å²) in [5.41, 5.74) is 0.834. The van der Waals surface area contributed by atoms with Gasteiger partial charge < -0.3 is 15.4 Å². The summed E-state index contributed by atoms with van der Waals surface area (Å²) in [7, 11) is 1.52. The molecule has 0 radical (unpaired) electrons. The molecule has 1 aliphatic heterocycles. The van der Waals surface area contributed by atoms with Gasteiger partial charge in [0, 0.05) is 18.2 Å². The zero-order chi connectivity index (χ0) is 14.5. The molecule has 0 spiro atoms. The summed E-state index contributed by atoms with van der Waals surface area (Å²) in [6, 6.07) is 5.48. The summed E-state index contributed by atoms with van der Waals surface area (Å²) >= 11 is 0. The van der Waals surface area contributed by atoms with Gasteiger partial charge in [0.2, 0.25) is 0 Å². The Bertz CT molecular complexity index is 473. The Morgan fingerprint density at radius 2 is 2.40 bits per heavy atom. The number of hydrogen-bond acceptors (Lipinski definition) is 5. The molecule has 2 unspecified atom stereocenters. The van der Waals surface area contributed by atoms with Crippen LogP contribution in [0.25, 0.3) is 0 Å². The van der Waals surface area contributed by atoms with Gasteiger partial charge in [-0.05, 0) is 38.8 Å². The maximum Gasteiger partial charge on any atom is 0.273 e. The second-order valence-corrected chi connectivity index (χ2v) is 5.22. The highest BCUT2D eigenvalue weighted by molar-refractivity contribution is 5.61. The van der Waals surface area contributed by atoms with Crippen LogP contribution < -0.4 is 15.4 Å². The monoisotopic (exact) mass is 279 g/mol. The first-order valence-electron chi connectivity index (χ1n) is 6.92. The van der Waals surface area contributed by atoms with Gasteiger partial charge in [-0.2, -0.15) is 0 Å². The molecule has 2 N–H and O–H groups in total. The van der Waals surface area contributed by atoms with E-state index in [2.05, 4.69) is 17.6 Å². The highest BCUT2D eigenvalue weighted by Crippen LogP contribution is 2.30. The summed E-state index contributed by atoms with van der Waals surface area (Å²) in [6.07, 6.45) is 3.47. The second kappa shape index (κ2) is 6.56. The molecule has 2 rings (SSSR count). The number of anilines is 1. The first kappa shape index (κ1) is 14.6. The number of benzene rings is 1. The summed E-state index contributed by atoms with van der Waals surface area (Å²) in [5.74, 6) is 0.505. The van der Waals surface area contributed by atoms with E-state index in [0.29, 0.717) is 11.8 Å². The molecule has 6 nitrogen and oxygen atoms in total. The average Bonchev–Trinajstić information content (AvgIpc) is 2.91. The molecule has 0 amide bonds. The molecule has 20 heavy (non-hydrogen) atoms. The number of hydrogen-bond donors (Lipinski definition) is 2. The average molecular weight is 279 g/mol. The van der Waals surface area contributed by atoms with Crippen molar-refractivity contribution in [3.63, 3.8) is 0 Å². The van der Waals surface area contributed by atoms with Crippen LogP contribution >= 0.6 is 0 Å². The van der Waals surface area contributed by atoms with Crippen LogP contribution in [0.4, 0.5) is 11.4 Å². The molecule has 1 aromatic rings. The number of nitrogens with one attached hydrogen (secondary N) is 2. The third-order valence-electron chi connectivity index (χ3n) is 3.60. The molecule has 1 aromatic carbocycles. The Morgan fingerprint density at radius 1 is 1.60 bits per heavy atom. The zero-order valence-corrected chi connectivity index (χ0v) is 11.9. The minimum absolute atomic E-state index is 0.0394. The van der Waals surface area contributed by atoms with Gasteiger partial charge in [-0.1, -0.05) is 0 Å². The van der Waals surface area contributed by atoms with Crippen LogP contribution in [0, 0.1) is 10.1 Å². The van der Waals surface area contributed by atoms with Crippen molar-refractivity contribution < 1.29 is 9.66 Å². The molecule has 6 heteroatoms. The summed E-state index contributed by atoms with van der Waals surface area (Å²) in [6.45, 7) is 3.21. The summed E-state index contributed by atoms with van der Waals surface area (Å²) in [5, 5.41) is 17.6. The van der Waals surface area contributed by atoms with Crippen molar-refractivity contribution >= 4 is 11.4 Å². The topological polar surface area (TPSA) is 76.4 Å². The summed E-state index contributed by atoms with van der Waals surface area (Å²) < 4.78 is 5.22. The molecule has 1 saturated heterocycles. The van der Waals surface area contributed by atoms with Crippen LogP contribution in [0.2, 0.25) is 0 Å². The Kier molecular flexibility index (Phi) is 4.79. The van der Waals surface area contributed by atoms with Gasteiger partial charge in [0.05, 0.1) is 23.8 Å². The van der Waals surface area contributed by atoms with Gasteiger partial charge in [-0.25, -0.2) is 0 Å². The minimum atomic E-state index is -0.418. The van der Waals surface area contributed by atoms with Crippen LogP contribution in [-0.2, 0) is 0 Å². The van der Waals surface area contributed by atoms with E-state index in [-0.39, 0.29) is 11.7 Å². The first-order chi connectivity index (χ1) is 9.60. The van der Waals surface area contributed by atoms with Crippen LogP contribution in [-0.4, -0.2) is 30.7 Å². The standard InChI is InChI=1S/C14H21N3O3/c1-10(8-11-4-3-7-15-11)16-13-6-5-12(17(18)19)9-14(13)20-2/h5-6,9-11,15-16H,3-4,7-8H2,1-2H3. The van der Waals surface area contributed by atoms with E-state index < -0.39 is 4.92 Å². The highest BCUT2D eigenvalue weighted by Gasteiger charge is 2.18. The van der Waals surface area contributed by atoms with E-state index in [0.717, 1.165) is 18.7 Å². The molecule has 0 aromatic heterocycles. The minimum Gasteiger partial charge on any atom is -0.494 e. The number of nitro groups is 1. The Morgan fingerprint density at radius 3 is 3.00 bits per heavy atom. The molecular weight excluding hydrogens is 258 g/mol. The molecule has 0 bridgehead atoms. The Hall–Kier alpha value is -1.82. The van der Waals surface area contributed by atoms with E-state index in [9.17, 15) is 10.1 Å². The van der Waals surface area contributed by atoms with E-state index in [1.165, 1.54) is 32.1 Å². The third kappa shape index (κ3) is 3.60. The predicted molar refractivity (Wildman–Crippen MR) is 78.4 cm³/mol. The van der Waals surface area contributed by atoms with Crippen molar-refractivity contribution in [2.45, 2.75) is 38.3 Å². The van der Waals surface area contributed by atoms with E-state index in [1.54, 1.807) is 6.07 Å². The number of non-ortho nitro benzene ring substituents is 1. The van der Waals surface area contributed by atoms with Crippen LogP contribution in [0.5, 0.6) is 5.75 Å². The van der Waals surface area contributed by atoms with Crippen LogP contribution in [0.3, 0.4) is 0 Å². The van der Waals surface area contributed by atoms with Crippen molar-refractivity contribution in [3.8, 4) is 5.75 Å². The van der Waals surface area contributed by atoms with Gasteiger partial charge >= 0.3 is 0 Å². The fourth-order valence-electron chi connectivity index (χ4n) is 2.62. The van der Waals surface area contributed by atoms with E-state index in [4.69, 9.17) is 4.74 Å². The van der Waals surface area contributed by atoms with Crippen molar-refractivity contribution in [2.24, 2.45) is 0 Å². The van der Waals surface area contributed by atoms with Crippen molar-refractivity contribution in [1.82, 2.24) is 5.32 Å². The van der Waals surface area contributed by atoms with Crippen LogP contribution in [0.1, 0.15) is 26.2 Å². The van der Waals surface area contributed by atoms with Crippen molar-refractivity contribution in [3.05, 3.63) is 28.3 Å². The summed E-state index contributed by atoms with van der Waals surface area (Å²) in [4.78, 5) is 10.3. The number of rotatable bonds is 6. The lowest BCUT2D eigenvalue weighted by atomic mass is 10.1. The van der Waals surface area contributed by atoms with Gasteiger partial charge in [0.15, 0.2) is 0 Å². The van der Waals surface area contributed by atoms with E-state index in [1.807, 2.05) is 0 Å².